The zero-order valence-corrected chi connectivity index (χ0v) is 19.0. The van der Waals surface area contributed by atoms with E-state index in [4.69, 9.17) is 4.74 Å². The number of hydrogen-bond donors (Lipinski definition) is 1. The quantitative estimate of drug-likeness (QED) is 0.373. The lowest BCUT2D eigenvalue weighted by Gasteiger charge is -2.12. The van der Waals surface area contributed by atoms with Crippen LogP contribution in [0.3, 0.4) is 0 Å². The number of aryl methyl sites for hydroxylation is 3. The van der Waals surface area contributed by atoms with Crippen LogP contribution in [0.5, 0.6) is 5.75 Å². The molecule has 0 aliphatic carbocycles. The van der Waals surface area contributed by atoms with Crippen molar-refractivity contribution >= 4 is 17.7 Å². The number of carbonyl (C=O) groups is 1. The summed E-state index contributed by atoms with van der Waals surface area (Å²) in [5.41, 5.74) is 7.19. The Labute approximate surface area is 190 Å². The van der Waals surface area contributed by atoms with Gasteiger partial charge in [-0.1, -0.05) is 60.5 Å². The number of nitriles is 1. The predicted octanol–water partition coefficient (Wildman–Crippen LogP) is 6.01. The number of rotatable bonds is 7. The Hall–Kier alpha value is -3.84. The normalized spacial score (nSPS) is 11.0. The van der Waals surface area contributed by atoms with Gasteiger partial charge in [-0.2, -0.15) is 5.26 Å². The lowest BCUT2D eigenvalue weighted by atomic mass is 9.96. The zero-order valence-electron chi connectivity index (χ0n) is 19.0. The first-order chi connectivity index (χ1) is 15.4. The molecule has 4 heteroatoms. The predicted molar refractivity (Wildman–Crippen MR) is 130 cm³/mol. The first-order valence-electron chi connectivity index (χ1n) is 10.7. The van der Waals surface area contributed by atoms with E-state index in [0.717, 1.165) is 34.5 Å². The number of anilines is 1. The smallest absolute Gasteiger partial charge is 0.266 e. The summed E-state index contributed by atoms with van der Waals surface area (Å²) in [5, 5.41) is 12.6. The van der Waals surface area contributed by atoms with E-state index >= 15 is 0 Å². The van der Waals surface area contributed by atoms with Crippen LogP contribution >= 0.6 is 0 Å². The molecule has 0 spiro atoms. The molecular formula is C28H28N2O2. The molecular weight excluding hydrogens is 396 g/mol. The molecule has 162 valence electrons. The third-order valence-electron chi connectivity index (χ3n) is 5.34. The highest BCUT2D eigenvalue weighted by Gasteiger charge is 2.13. The summed E-state index contributed by atoms with van der Waals surface area (Å²) < 4.78 is 5.41. The van der Waals surface area contributed by atoms with Crippen LogP contribution in [0, 0.1) is 25.2 Å². The van der Waals surface area contributed by atoms with Crippen LogP contribution in [0.2, 0.25) is 0 Å². The molecule has 0 radical (unpaired) electrons. The molecule has 0 saturated carbocycles. The van der Waals surface area contributed by atoms with Crippen LogP contribution in [0.1, 0.15) is 40.3 Å². The standard InChI is InChI=1S/C28H28N2O2/c1-5-22-8-6-7-9-27(22)30-28(31)25(18-29)16-23-10-11-26(32-4)17-24(23)15-21-13-19(2)12-20(3)14-21/h6-14,16-17H,5,15H2,1-4H3,(H,30,31)/b25-16+. The molecule has 0 atom stereocenters. The fraction of sp³-hybridized carbons (Fsp3) is 0.214. The van der Waals surface area contributed by atoms with Gasteiger partial charge in [0, 0.05) is 5.69 Å². The molecule has 0 bridgehead atoms. The van der Waals surface area contributed by atoms with Gasteiger partial charge in [0.25, 0.3) is 5.91 Å². The summed E-state index contributed by atoms with van der Waals surface area (Å²) in [6.07, 6.45) is 3.12. The van der Waals surface area contributed by atoms with Crippen molar-refractivity contribution in [2.45, 2.75) is 33.6 Å². The van der Waals surface area contributed by atoms with Gasteiger partial charge in [-0.05, 0) is 73.2 Å². The van der Waals surface area contributed by atoms with Gasteiger partial charge in [0.05, 0.1) is 7.11 Å². The molecule has 4 nitrogen and oxygen atoms in total. The van der Waals surface area contributed by atoms with Gasteiger partial charge in [-0.25, -0.2) is 0 Å². The van der Waals surface area contributed by atoms with Crippen LogP contribution in [-0.4, -0.2) is 13.0 Å². The summed E-state index contributed by atoms with van der Waals surface area (Å²) in [7, 11) is 1.63. The number of nitrogens with one attached hydrogen (secondary N) is 1. The lowest BCUT2D eigenvalue weighted by molar-refractivity contribution is -0.112. The van der Waals surface area contributed by atoms with Crippen LogP contribution < -0.4 is 10.1 Å². The monoisotopic (exact) mass is 424 g/mol. The van der Waals surface area contributed by atoms with E-state index in [-0.39, 0.29) is 5.57 Å². The van der Waals surface area contributed by atoms with E-state index in [1.165, 1.54) is 16.7 Å². The van der Waals surface area contributed by atoms with E-state index < -0.39 is 5.91 Å². The van der Waals surface area contributed by atoms with Crippen LogP contribution in [-0.2, 0) is 17.6 Å². The number of ether oxygens (including phenoxy) is 1. The van der Waals surface area contributed by atoms with Gasteiger partial charge >= 0.3 is 0 Å². The van der Waals surface area contributed by atoms with Gasteiger partial charge < -0.3 is 10.1 Å². The lowest BCUT2D eigenvalue weighted by Crippen LogP contribution is -2.14. The largest absolute Gasteiger partial charge is 0.497 e. The number of amides is 1. The van der Waals surface area contributed by atoms with E-state index in [2.05, 4.69) is 43.4 Å². The Balaban J connectivity index is 1.96. The number of hydrogen-bond acceptors (Lipinski definition) is 3. The van der Waals surface area contributed by atoms with Gasteiger partial charge in [-0.15, -0.1) is 0 Å². The molecule has 0 aliphatic rings. The van der Waals surface area contributed by atoms with Gasteiger partial charge in [-0.3, -0.25) is 4.79 Å². The minimum Gasteiger partial charge on any atom is -0.497 e. The maximum Gasteiger partial charge on any atom is 0.266 e. The maximum absolute atomic E-state index is 12.9. The molecule has 0 saturated heterocycles. The van der Waals surface area contributed by atoms with Crippen molar-refractivity contribution in [1.82, 2.24) is 0 Å². The maximum atomic E-state index is 12.9. The second kappa shape index (κ2) is 10.5. The third kappa shape index (κ3) is 5.65. The van der Waals surface area contributed by atoms with Crippen molar-refractivity contribution in [1.29, 1.82) is 5.26 Å². The van der Waals surface area contributed by atoms with Crippen molar-refractivity contribution in [3.63, 3.8) is 0 Å². The molecule has 0 unspecified atom stereocenters. The average molecular weight is 425 g/mol. The van der Waals surface area contributed by atoms with Crippen LogP contribution in [0.4, 0.5) is 5.69 Å². The molecule has 1 N–H and O–H groups in total. The van der Waals surface area contributed by atoms with Crippen LogP contribution in [0.15, 0.2) is 66.2 Å². The Morgan fingerprint density at radius 2 is 1.75 bits per heavy atom. The summed E-state index contributed by atoms with van der Waals surface area (Å²) in [6, 6.07) is 21.8. The number of para-hydroxylation sites is 1. The Morgan fingerprint density at radius 3 is 2.41 bits per heavy atom. The second-order valence-corrected chi connectivity index (χ2v) is 7.87. The molecule has 0 aliphatic heterocycles. The topological polar surface area (TPSA) is 62.1 Å². The molecule has 3 aromatic rings. The summed E-state index contributed by atoms with van der Waals surface area (Å²) >= 11 is 0. The summed E-state index contributed by atoms with van der Waals surface area (Å²) in [4.78, 5) is 12.9. The third-order valence-corrected chi connectivity index (χ3v) is 5.34. The first-order valence-corrected chi connectivity index (χ1v) is 10.7. The zero-order chi connectivity index (χ0) is 23.1. The summed E-state index contributed by atoms with van der Waals surface area (Å²) in [6.45, 7) is 6.19. The Bertz CT molecular complexity index is 1180. The fourth-order valence-corrected chi connectivity index (χ4v) is 3.84. The van der Waals surface area contributed by atoms with E-state index in [1.807, 2.05) is 49.4 Å². The number of methoxy groups -OCH3 is 1. The van der Waals surface area contributed by atoms with Crippen molar-refractivity contribution in [2.75, 3.05) is 12.4 Å². The van der Waals surface area contributed by atoms with Crippen molar-refractivity contribution in [3.8, 4) is 11.8 Å². The molecule has 0 fully saturated rings. The molecule has 0 aromatic heterocycles. The van der Waals surface area contributed by atoms with Gasteiger partial charge in [0.15, 0.2) is 0 Å². The first kappa shape index (κ1) is 22.8. The van der Waals surface area contributed by atoms with E-state index in [1.54, 1.807) is 13.2 Å². The average Bonchev–Trinajstić information content (AvgIpc) is 2.77. The van der Waals surface area contributed by atoms with Gasteiger partial charge in [0.1, 0.15) is 17.4 Å². The number of carbonyl (C=O) groups excluding carboxylic acids is 1. The molecule has 1 amide bonds. The van der Waals surface area contributed by atoms with Gasteiger partial charge in [0.2, 0.25) is 0 Å². The minimum atomic E-state index is -0.415. The second-order valence-electron chi connectivity index (χ2n) is 7.87. The number of benzene rings is 3. The van der Waals surface area contributed by atoms with Crippen molar-refractivity contribution in [3.05, 3.63) is 99.6 Å². The summed E-state index contributed by atoms with van der Waals surface area (Å²) in [5.74, 6) is 0.322. The number of nitrogens with zero attached hydrogens (tertiary/aromatic N) is 1. The SMILES string of the molecule is CCc1ccccc1NC(=O)/C(C#N)=C/c1ccc(OC)cc1Cc1cc(C)cc(C)c1. The molecule has 32 heavy (non-hydrogen) atoms. The molecule has 0 heterocycles. The highest BCUT2D eigenvalue weighted by atomic mass is 16.5. The highest BCUT2D eigenvalue weighted by Crippen LogP contribution is 2.24. The van der Waals surface area contributed by atoms with Crippen molar-refractivity contribution < 1.29 is 9.53 Å². The Morgan fingerprint density at radius 1 is 1.03 bits per heavy atom. The fourth-order valence-electron chi connectivity index (χ4n) is 3.84. The Kier molecular flexibility index (Phi) is 7.46. The van der Waals surface area contributed by atoms with E-state index in [9.17, 15) is 10.1 Å². The van der Waals surface area contributed by atoms with Crippen LogP contribution in [0.25, 0.3) is 6.08 Å². The molecule has 3 rings (SSSR count). The highest BCUT2D eigenvalue weighted by molar-refractivity contribution is 6.10. The minimum absolute atomic E-state index is 0.0581. The van der Waals surface area contributed by atoms with Crippen molar-refractivity contribution in [2.24, 2.45) is 0 Å². The van der Waals surface area contributed by atoms with E-state index in [0.29, 0.717) is 6.42 Å². The molecule has 3 aromatic carbocycles.